The summed E-state index contributed by atoms with van der Waals surface area (Å²) in [5.41, 5.74) is -0.350. The van der Waals surface area contributed by atoms with Gasteiger partial charge in [-0.25, -0.2) is 0 Å². The summed E-state index contributed by atoms with van der Waals surface area (Å²) >= 11 is 0. The van der Waals surface area contributed by atoms with E-state index in [2.05, 4.69) is 26.1 Å². The number of hydrogen-bond acceptors (Lipinski definition) is 3. The van der Waals surface area contributed by atoms with Gasteiger partial charge >= 0.3 is 5.97 Å². The molecule has 1 N–H and O–H groups in total. The van der Waals surface area contributed by atoms with Crippen LogP contribution < -0.4 is 5.32 Å². The predicted octanol–water partition coefficient (Wildman–Crippen LogP) is 2.74. The molecule has 1 rings (SSSR count). The van der Waals surface area contributed by atoms with E-state index in [1.54, 1.807) is 0 Å². The zero-order valence-corrected chi connectivity index (χ0v) is 11.7. The van der Waals surface area contributed by atoms with E-state index in [1.165, 1.54) is 6.42 Å². The summed E-state index contributed by atoms with van der Waals surface area (Å²) in [7, 11) is 0. The van der Waals surface area contributed by atoms with Gasteiger partial charge in [0.15, 0.2) is 0 Å². The van der Waals surface area contributed by atoms with Gasteiger partial charge in [-0.3, -0.25) is 4.79 Å². The SMILES string of the molecule is CCOC(=O)C(C)(CCC(C)C)C1CCCN1. The lowest BCUT2D eigenvalue weighted by molar-refractivity contribution is -0.156. The van der Waals surface area contributed by atoms with Crippen LogP contribution in [0.1, 0.15) is 53.4 Å². The van der Waals surface area contributed by atoms with Crippen LogP contribution in [0.15, 0.2) is 0 Å². The highest BCUT2D eigenvalue weighted by Gasteiger charge is 2.43. The van der Waals surface area contributed by atoms with Crippen molar-refractivity contribution in [3.05, 3.63) is 0 Å². The van der Waals surface area contributed by atoms with Crippen molar-refractivity contribution in [1.29, 1.82) is 0 Å². The monoisotopic (exact) mass is 241 g/mol. The second-order valence-corrected chi connectivity index (χ2v) is 5.72. The molecule has 0 radical (unpaired) electrons. The molecule has 2 unspecified atom stereocenters. The van der Waals surface area contributed by atoms with Gasteiger partial charge in [0, 0.05) is 6.04 Å². The zero-order valence-electron chi connectivity index (χ0n) is 11.7. The molecule has 0 amide bonds. The standard InChI is InChI=1S/C14H27NO2/c1-5-17-13(16)14(4,9-8-11(2)3)12-7-6-10-15-12/h11-12,15H,5-10H2,1-4H3. The molecule has 1 heterocycles. The summed E-state index contributed by atoms with van der Waals surface area (Å²) in [6.45, 7) is 9.85. The highest BCUT2D eigenvalue weighted by atomic mass is 16.5. The summed E-state index contributed by atoms with van der Waals surface area (Å²) in [4.78, 5) is 12.2. The molecule has 1 aliphatic rings. The minimum Gasteiger partial charge on any atom is -0.466 e. The Labute approximate surface area is 105 Å². The van der Waals surface area contributed by atoms with Gasteiger partial charge in [0.25, 0.3) is 0 Å². The molecule has 0 spiro atoms. The van der Waals surface area contributed by atoms with Gasteiger partial charge in [-0.15, -0.1) is 0 Å². The molecule has 1 fully saturated rings. The van der Waals surface area contributed by atoms with Crippen LogP contribution in [0.25, 0.3) is 0 Å². The minimum absolute atomic E-state index is 0.0277. The van der Waals surface area contributed by atoms with Gasteiger partial charge in [-0.2, -0.15) is 0 Å². The molecule has 0 aliphatic carbocycles. The molecule has 3 nitrogen and oxygen atoms in total. The number of rotatable bonds is 6. The van der Waals surface area contributed by atoms with Crippen molar-refractivity contribution in [2.24, 2.45) is 11.3 Å². The maximum absolute atomic E-state index is 12.2. The van der Waals surface area contributed by atoms with E-state index in [4.69, 9.17) is 4.74 Å². The number of hydrogen-bond donors (Lipinski definition) is 1. The highest BCUT2D eigenvalue weighted by molar-refractivity contribution is 5.77. The van der Waals surface area contributed by atoms with Gasteiger partial charge in [0.1, 0.15) is 0 Å². The Morgan fingerprint density at radius 1 is 1.53 bits per heavy atom. The molecule has 1 aliphatic heterocycles. The fourth-order valence-corrected chi connectivity index (χ4v) is 2.53. The van der Waals surface area contributed by atoms with Crippen molar-refractivity contribution in [2.75, 3.05) is 13.2 Å². The molecule has 0 aromatic heterocycles. The summed E-state index contributed by atoms with van der Waals surface area (Å²) in [6.07, 6.45) is 4.25. The first-order valence-corrected chi connectivity index (χ1v) is 6.91. The molecule has 2 atom stereocenters. The van der Waals surface area contributed by atoms with Crippen molar-refractivity contribution in [2.45, 2.75) is 59.4 Å². The Hall–Kier alpha value is -0.570. The average molecular weight is 241 g/mol. The van der Waals surface area contributed by atoms with Gasteiger partial charge in [0.05, 0.1) is 12.0 Å². The second-order valence-electron chi connectivity index (χ2n) is 5.72. The Balaban J connectivity index is 2.71. The van der Waals surface area contributed by atoms with E-state index in [1.807, 2.05) is 6.92 Å². The molecule has 0 aromatic carbocycles. The molecule has 0 bridgehead atoms. The predicted molar refractivity (Wildman–Crippen MR) is 69.8 cm³/mol. The van der Waals surface area contributed by atoms with Crippen molar-refractivity contribution >= 4 is 5.97 Å². The summed E-state index contributed by atoms with van der Waals surface area (Å²) in [5.74, 6) is 0.602. The van der Waals surface area contributed by atoms with Gasteiger partial charge in [-0.1, -0.05) is 13.8 Å². The molecule has 100 valence electrons. The summed E-state index contributed by atoms with van der Waals surface area (Å²) in [5, 5.41) is 3.46. The molecule has 3 heteroatoms. The molecule has 0 aromatic rings. The Morgan fingerprint density at radius 2 is 2.24 bits per heavy atom. The highest BCUT2D eigenvalue weighted by Crippen LogP contribution is 2.35. The molecular formula is C14H27NO2. The third kappa shape index (κ3) is 3.70. The van der Waals surface area contributed by atoms with Crippen molar-refractivity contribution < 1.29 is 9.53 Å². The quantitative estimate of drug-likeness (QED) is 0.727. The first-order valence-electron chi connectivity index (χ1n) is 6.91. The third-order valence-electron chi connectivity index (χ3n) is 3.81. The van der Waals surface area contributed by atoms with Crippen LogP contribution in [0.2, 0.25) is 0 Å². The maximum Gasteiger partial charge on any atom is 0.313 e. The van der Waals surface area contributed by atoms with Crippen molar-refractivity contribution in [3.63, 3.8) is 0 Å². The van der Waals surface area contributed by atoms with Crippen LogP contribution in [-0.2, 0) is 9.53 Å². The fraction of sp³-hybridized carbons (Fsp3) is 0.929. The van der Waals surface area contributed by atoms with E-state index in [0.717, 1.165) is 25.8 Å². The lowest BCUT2D eigenvalue weighted by Gasteiger charge is -2.33. The van der Waals surface area contributed by atoms with Gasteiger partial charge in [0.2, 0.25) is 0 Å². The lowest BCUT2D eigenvalue weighted by atomic mass is 9.76. The Morgan fingerprint density at radius 3 is 2.71 bits per heavy atom. The van der Waals surface area contributed by atoms with Crippen LogP contribution in [-0.4, -0.2) is 25.2 Å². The first-order chi connectivity index (χ1) is 8.00. The molecular weight excluding hydrogens is 214 g/mol. The number of carbonyl (C=O) groups excluding carboxylic acids is 1. The van der Waals surface area contributed by atoms with Gasteiger partial charge < -0.3 is 10.1 Å². The van der Waals surface area contributed by atoms with E-state index >= 15 is 0 Å². The zero-order chi connectivity index (χ0) is 12.9. The smallest absolute Gasteiger partial charge is 0.313 e. The van der Waals surface area contributed by atoms with Crippen molar-refractivity contribution in [1.82, 2.24) is 5.32 Å². The number of carbonyl (C=O) groups is 1. The third-order valence-corrected chi connectivity index (χ3v) is 3.81. The maximum atomic E-state index is 12.2. The molecule has 17 heavy (non-hydrogen) atoms. The van der Waals surface area contributed by atoms with Crippen LogP contribution in [0, 0.1) is 11.3 Å². The topological polar surface area (TPSA) is 38.3 Å². The average Bonchev–Trinajstić information content (AvgIpc) is 2.80. The van der Waals surface area contributed by atoms with E-state index < -0.39 is 0 Å². The summed E-state index contributed by atoms with van der Waals surface area (Å²) in [6, 6.07) is 0.292. The van der Waals surface area contributed by atoms with E-state index in [0.29, 0.717) is 18.6 Å². The summed E-state index contributed by atoms with van der Waals surface area (Å²) < 4.78 is 5.27. The van der Waals surface area contributed by atoms with Crippen LogP contribution in [0.3, 0.4) is 0 Å². The minimum atomic E-state index is -0.350. The van der Waals surface area contributed by atoms with E-state index in [-0.39, 0.29) is 11.4 Å². The second kappa shape index (κ2) is 6.39. The Kier molecular flexibility index (Phi) is 5.44. The normalized spacial score (nSPS) is 23.7. The van der Waals surface area contributed by atoms with Crippen molar-refractivity contribution in [3.8, 4) is 0 Å². The van der Waals surface area contributed by atoms with Gasteiger partial charge in [-0.05, 0) is 52.0 Å². The molecule has 0 saturated carbocycles. The van der Waals surface area contributed by atoms with Crippen LogP contribution in [0.5, 0.6) is 0 Å². The molecule has 1 saturated heterocycles. The van der Waals surface area contributed by atoms with Crippen LogP contribution in [0.4, 0.5) is 0 Å². The number of ether oxygens (including phenoxy) is 1. The number of esters is 1. The van der Waals surface area contributed by atoms with Crippen LogP contribution >= 0.6 is 0 Å². The van der Waals surface area contributed by atoms with E-state index in [9.17, 15) is 4.79 Å². The first kappa shape index (κ1) is 14.5. The Bertz CT molecular complexity index is 247. The number of nitrogens with one attached hydrogen (secondary N) is 1. The largest absolute Gasteiger partial charge is 0.466 e. The fourth-order valence-electron chi connectivity index (χ4n) is 2.53. The lowest BCUT2D eigenvalue weighted by Crippen LogP contribution is -2.46.